The van der Waals surface area contributed by atoms with Gasteiger partial charge in [0.25, 0.3) is 0 Å². The van der Waals surface area contributed by atoms with Crippen LogP contribution in [0, 0.1) is 6.92 Å². The highest BCUT2D eigenvalue weighted by Crippen LogP contribution is 1.97. The number of nitrogens with two attached hydrogens (primary N) is 1. The van der Waals surface area contributed by atoms with Crippen molar-refractivity contribution >= 4 is 11.6 Å². The highest BCUT2D eigenvalue weighted by Gasteiger charge is 2.06. The molecule has 0 bridgehead atoms. The standard InChI is InChI=1S/C9H12N6O2/c1-6-13-8(14-17-6)3-11-9(16)5-15-4-7(10)2-12-15/h2,4H,3,5,10H2,1H3,(H,11,16). The number of nitrogens with one attached hydrogen (secondary N) is 1. The van der Waals surface area contributed by atoms with Gasteiger partial charge in [-0.3, -0.25) is 9.48 Å². The van der Waals surface area contributed by atoms with Gasteiger partial charge in [0.15, 0.2) is 5.82 Å². The molecule has 2 aromatic heterocycles. The second-order valence-corrected chi connectivity index (χ2v) is 3.48. The fourth-order valence-corrected chi connectivity index (χ4v) is 1.26. The van der Waals surface area contributed by atoms with Crippen molar-refractivity contribution in [3.05, 3.63) is 24.1 Å². The Morgan fingerprint density at radius 2 is 2.47 bits per heavy atom. The van der Waals surface area contributed by atoms with Crippen LogP contribution in [0.3, 0.4) is 0 Å². The minimum absolute atomic E-state index is 0.105. The zero-order valence-electron chi connectivity index (χ0n) is 9.25. The molecule has 17 heavy (non-hydrogen) atoms. The quantitative estimate of drug-likeness (QED) is 0.738. The average Bonchev–Trinajstić information content (AvgIpc) is 2.85. The van der Waals surface area contributed by atoms with Crippen LogP contribution in [-0.4, -0.2) is 25.8 Å². The van der Waals surface area contributed by atoms with E-state index in [-0.39, 0.29) is 19.0 Å². The molecule has 0 aliphatic heterocycles. The van der Waals surface area contributed by atoms with E-state index in [2.05, 4.69) is 20.6 Å². The number of aryl methyl sites for hydroxylation is 1. The normalized spacial score (nSPS) is 10.4. The molecule has 8 heteroatoms. The van der Waals surface area contributed by atoms with E-state index in [1.807, 2.05) is 0 Å². The van der Waals surface area contributed by atoms with Crippen LogP contribution in [0.1, 0.15) is 11.7 Å². The lowest BCUT2D eigenvalue weighted by Gasteiger charge is -2.02. The molecule has 3 N–H and O–H groups in total. The van der Waals surface area contributed by atoms with Gasteiger partial charge in [-0.2, -0.15) is 10.1 Å². The van der Waals surface area contributed by atoms with Crippen LogP contribution >= 0.6 is 0 Å². The van der Waals surface area contributed by atoms with Gasteiger partial charge in [-0.1, -0.05) is 5.16 Å². The molecule has 0 saturated carbocycles. The molecule has 0 aromatic carbocycles. The third kappa shape index (κ3) is 3.03. The number of amides is 1. The summed E-state index contributed by atoms with van der Waals surface area (Å²) in [7, 11) is 0. The summed E-state index contributed by atoms with van der Waals surface area (Å²) < 4.78 is 6.22. The number of anilines is 1. The third-order valence-electron chi connectivity index (χ3n) is 1.97. The minimum Gasteiger partial charge on any atom is -0.396 e. The van der Waals surface area contributed by atoms with Gasteiger partial charge in [-0.25, -0.2) is 0 Å². The number of carbonyl (C=O) groups excluding carboxylic acids is 1. The van der Waals surface area contributed by atoms with E-state index in [9.17, 15) is 4.79 Å². The number of carbonyl (C=O) groups is 1. The van der Waals surface area contributed by atoms with Crippen molar-refractivity contribution in [3.63, 3.8) is 0 Å². The number of rotatable bonds is 4. The summed E-state index contributed by atoms with van der Waals surface area (Å²) in [6.45, 7) is 2.02. The largest absolute Gasteiger partial charge is 0.396 e. The van der Waals surface area contributed by atoms with Crippen LogP contribution in [0.2, 0.25) is 0 Å². The van der Waals surface area contributed by atoms with E-state index < -0.39 is 0 Å². The highest BCUT2D eigenvalue weighted by atomic mass is 16.5. The zero-order valence-corrected chi connectivity index (χ0v) is 9.25. The Morgan fingerprint density at radius 1 is 1.65 bits per heavy atom. The van der Waals surface area contributed by atoms with E-state index in [0.717, 1.165) is 0 Å². The van der Waals surface area contributed by atoms with Crippen LogP contribution < -0.4 is 11.1 Å². The van der Waals surface area contributed by atoms with Crippen molar-refractivity contribution in [1.82, 2.24) is 25.2 Å². The van der Waals surface area contributed by atoms with Crippen LogP contribution in [0.25, 0.3) is 0 Å². The lowest BCUT2D eigenvalue weighted by atomic mass is 10.5. The van der Waals surface area contributed by atoms with Gasteiger partial charge in [-0.15, -0.1) is 0 Å². The molecule has 0 aliphatic rings. The Morgan fingerprint density at radius 3 is 3.06 bits per heavy atom. The molecule has 2 rings (SSSR count). The van der Waals surface area contributed by atoms with E-state index in [0.29, 0.717) is 17.4 Å². The van der Waals surface area contributed by atoms with E-state index in [4.69, 9.17) is 10.3 Å². The van der Waals surface area contributed by atoms with Crippen LogP contribution in [0.15, 0.2) is 16.9 Å². The average molecular weight is 236 g/mol. The minimum atomic E-state index is -0.199. The number of hydrogen-bond donors (Lipinski definition) is 2. The molecule has 90 valence electrons. The molecule has 2 aromatic rings. The van der Waals surface area contributed by atoms with Gasteiger partial charge >= 0.3 is 0 Å². The number of nitrogens with zero attached hydrogens (tertiary/aromatic N) is 4. The van der Waals surface area contributed by atoms with Crippen LogP contribution in [0.5, 0.6) is 0 Å². The lowest BCUT2D eigenvalue weighted by Crippen LogP contribution is -2.27. The van der Waals surface area contributed by atoms with Gasteiger partial charge in [0.05, 0.1) is 18.4 Å². The summed E-state index contributed by atoms with van der Waals surface area (Å²) in [5.41, 5.74) is 5.99. The molecule has 2 heterocycles. The molecule has 8 nitrogen and oxygen atoms in total. The Balaban J connectivity index is 1.82. The van der Waals surface area contributed by atoms with Gasteiger partial charge in [0, 0.05) is 13.1 Å². The Hall–Kier alpha value is -2.38. The van der Waals surface area contributed by atoms with Gasteiger partial charge < -0.3 is 15.6 Å². The fourth-order valence-electron chi connectivity index (χ4n) is 1.26. The number of hydrogen-bond acceptors (Lipinski definition) is 6. The first-order valence-corrected chi connectivity index (χ1v) is 4.97. The Kier molecular flexibility index (Phi) is 3.03. The molecule has 0 spiro atoms. The summed E-state index contributed by atoms with van der Waals surface area (Å²) in [5, 5.41) is 10.2. The Bertz CT molecular complexity index is 517. The highest BCUT2D eigenvalue weighted by molar-refractivity contribution is 5.75. The summed E-state index contributed by atoms with van der Waals surface area (Å²) >= 11 is 0. The SMILES string of the molecule is Cc1nc(CNC(=O)Cn2cc(N)cn2)no1. The van der Waals surface area contributed by atoms with Gasteiger partial charge in [0.2, 0.25) is 11.8 Å². The van der Waals surface area contributed by atoms with Gasteiger partial charge in [0.1, 0.15) is 6.54 Å². The van der Waals surface area contributed by atoms with Crippen molar-refractivity contribution in [3.8, 4) is 0 Å². The summed E-state index contributed by atoms with van der Waals surface area (Å²) in [6.07, 6.45) is 3.06. The lowest BCUT2D eigenvalue weighted by molar-refractivity contribution is -0.122. The topological polar surface area (TPSA) is 112 Å². The molecule has 0 unspecified atom stereocenters. The summed E-state index contributed by atoms with van der Waals surface area (Å²) in [6, 6.07) is 0. The first-order valence-electron chi connectivity index (χ1n) is 4.97. The summed E-state index contributed by atoms with van der Waals surface area (Å²) in [5.74, 6) is 0.709. The molecule has 0 fully saturated rings. The van der Waals surface area contributed by atoms with E-state index >= 15 is 0 Å². The smallest absolute Gasteiger partial charge is 0.242 e. The first-order chi connectivity index (χ1) is 8.13. The van der Waals surface area contributed by atoms with Crippen LogP contribution in [-0.2, 0) is 17.9 Å². The number of aromatic nitrogens is 4. The van der Waals surface area contributed by atoms with Crippen molar-refractivity contribution in [2.24, 2.45) is 0 Å². The van der Waals surface area contributed by atoms with E-state index in [1.165, 1.54) is 10.9 Å². The van der Waals surface area contributed by atoms with Crippen LogP contribution in [0.4, 0.5) is 5.69 Å². The van der Waals surface area contributed by atoms with Crippen molar-refractivity contribution < 1.29 is 9.32 Å². The molecule has 1 amide bonds. The fraction of sp³-hybridized carbons (Fsp3) is 0.333. The van der Waals surface area contributed by atoms with Crippen molar-refractivity contribution in [1.29, 1.82) is 0 Å². The molecule has 0 atom stereocenters. The molecular formula is C9H12N6O2. The molecule has 0 saturated heterocycles. The van der Waals surface area contributed by atoms with Crippen molar-refractivity contribution in [2.45, 2.75) is 20.0 Å². The second-order valence-electron chi connectivity index (χ2n) is 3.48. The van der Waals surface area contributed by atoms with E-state index in [1.54, 1.807) is 13.1 Å². The second kappa shape index (κ2) is 4.64. The predicted molar refractivity (Wildman–Crippen MR) is 57.5 cm³/mol. The Labute approximate surface area is 96.8 Å². The first kappa shape index (κ1) is 11.1. The monoisotopic (exact) mass is 236 g/mol. The molecule has 0 radical (unpaired) electrons. The third-order valence-corrected chi connectivity index (χ3v) is 1.97. The maximum atomic E-state index is 11.5. The molecule has 0 aliphatic carbocycles. The maximum Gasteiger partial charge on any atom is 0.242 e. The molecular weight excluding hydrogens is 224 g/mol. The van der Waals surface area contributed by atoms with Crippen molar-refractivity contribution in [2.75, 3.05) is 5.73 Å². The summed E-state index contributed by atoms with van der Waals surface area (Å²) in [4.78, 5) is 15.5. The number of nitrogen functional groups attached to an aromatic ring is 1. The predicted octanol–water partition coefficient (Wildman–Crippen LogP) is -0.527. The van der Waals surface area contributed by atoms with Gasteiger partial charge in [-0.05, 0) is 0 Å². The maximum absolute atomic E-state index is 11.5. The zero-order chi connectivity index (χ0) is 12.3.